The molecular weight excluding hydrogens is 359 g/mol. The van der Waals surface area contributed by atoms with E-state index in [9.17, 15) is 13.2 Å². The van der Waals surface area contributed by atoms with Crippen molar-refractivity contribution < 1.29 is 13.2 Å². The molecule has 0 bridgehead atoms. The van der Waals surface area contributed by atoms with Gasteiger partial charge in [-0.15, -0.1) is 12.4 Å². The highest BCUT2D eigenvalue weighted by atomic mass is 35.5. The third-order valence-corrected chi connectivity index (χ3v) is 6.02. The van der Waals surface area contributed by atoms with Gasteiger partial charge >= 0.3 is 0 Å². The highest BCUT2D eigenvalue weighted by Gasteiger charge is 2.36. The number of carbonyl (C=O) groups is 1. The number of likely N-dealkylation sites (tertiary alicyclic amines) is 1. The molecule has 1 fully saturated rings. The molecule has 0 aromatic heterocycles. The fraction of sp³-hybridized carbons (Fsp3) is 0.533. The number of piperidine rings is 1. The summed E-state index contributed by atoms with van der Waals surface area (Å²) in [4.78, 5) is 14.0. The summed E-state index contributed by atoms with van der Waals surface area (Å²) in [5, 5.41) is 0.456. The van der Waals surface area contributed by atoms with Gasteiger partial charge < -0.3 is 10.6 Å². The Balaban J connectivity index is 0.00000264. The quantitative estimate of drug-likeness (QED) is 0.870. The lowest BCUT2D eigenvalue weighted by Crippen LogP contribution is -2.54. The Morgan fingerprint density at radius 2 is 1.91 bits per heavy atom. The molecule has 1 unspecified atom stereocenters. The number of nitrogens with two attached hydrogens (primary N) is 1. The van der Waals surface area contributed by atoms with Gasteiger partial charge in [0.25, 0.3) is 0 Å². The first-order valence-electron chi connectivity index (χ1n) is 7.13. The second-order valence-corrected chi connectivity index (χ2v) is 8.84. The number of hydrogen-bond donors (Lipinski definition) is 1. The van der Waals surface area contributed by atoms with Crippen molar-refractivity contribution in [2.24, 2.45) is 11.1 Å². The third kappa shape index (κ3) is 4.83. The van der Waals surface area contributed by atoms with E-state index in [1.54, 1.807) is 4.90 Å². The van der Waals surface area contributed by atoms with Crippen molar-refractivity contribution in [3.8, 4) is 0 Å². The van der Waals surface area contributed by atoms with Crippen molar-refractivity contribution in [2.75, 3.05) is 18.8 Å². The van der Waals surface area contributed by atoms with Crippen LogP contribution in [0.1, 0.15) is 20.3 Å². The third-order valence-electron chi connectivity index (χ3n) is 4.15. The Hall–Kier alpha value is -0.820. The number of amides is 1. The maximum absolute atomic E-state index is 12.3. The summed E-state index contributed by atoms with van der Waals surface area (Å²) in [5.41, 5.74) is 5.83. The summed E-state index contributed by atoms with van der Waals surface area (Å²) in [6.45, 7) is 4.96. The number of rotatable bonds is 3. The molecule has 1 aromatic rings. The van der Waals surface area contributed by atoms with Crippen molar-refractivity contribution in [1.82, 2.24) is 4.90 Å². The van der Waals surface area contributed by atoms with Crippen LogP contribution in [0.4, 0.5) is 0 Å². The van der Waals surface area contributed by atoms with Crippen molar-refractivity contribution >= 4 is 39.8 Å². The van der Waals surface area contributed by atoms with Crippen LogP contribution in [0, 0.1) is 5.41 Å². The van der Waals surface area contributed by atoms with Crippen molar-refractivity contribution in [3.63, 3.8) is 0 Å². The molecule has 1 saturated heterocycles. The lowest BCUT2D eigenvalue weighted by molar-refractivity contribution is -0.131. The smallest absolute Gasteiger partial charge is 0.238 e. The molecule has 5 nitrogen and oxygen atoms in total. The van der Waals surface area contributed by atoms with Gasteiger partial charge in [-0.2, -0.15) is 0 Å². The molecule has 23 heavy (non-hydrogen) atoms. The molecule has 8 heteroatoms. The van der Waals surface area contributed by atoms with Gasteiger partial charge in [-0.05, 0) is 36.1 Å². The van der Waals surface area contributed by atoms with Gasteiger partial charge in [-0.25, -0.2) is 8.42 Å². The monoisotopic (exact) mass is 380 g/mol. The molecule has 1 amide bonds. The van der Waals surface area contributed by atoms with E-state index in [0.29, 0.717) is 24.5 Å². The van der Waals surface area contributed by atoms with Crippen LogP contribution in [-0.2, 0) is 14.6 Å². The van der Waals surface area contributed by atoms with E-state index in [4.69, 9.17) is 17.3 Å². The molecular formula is C15H22Cl2N2O3S. The molecule has 1 atom stereocenters. The Morgan fingerprint density at radius 1 is 1.35 bits per heavy atom. The van der Waals surface area contributed by atoms with Gasteiger partial charge in [0.15, 0.2) is 9.84 Å². The van der Waals surface area contributed by atoms with Crippen LogP contribution in [0.5, 0.6) is 0 Å². The summed E-state index contributed by atoms with van der Waals surface area (Å²) in [6.07, 6.45) is 0.680. The SMILES string of the molecule is CC1(C)CN(C(=O)CS(=O)(=O)c2ccc(Cl)cc2)CCC1N.Cl. The average molecular weight is 381 g/mol. The summed E-state index contributed by atoms with van der Waals surface area (Å²) in [7, 11) is -3.66. The molecule has 2 N–H and O–H groups in total. The lowest BCUT2D eigenvalue weighted by Gasteiger charge is -2.42. The first kappa shape index (κ1) is 20.2. The van der Waals surface area contributed by atoms with Gasteiger partial charge in [0.1, 0.15) is 5.75 Å². The maximum Gasteiger partial charge on any atom is 0.238 e. The summed E-state index contributed by atoms with van der Waals surface area (Å²) in [6, 6.07) is 5.86. The highest BCUT2D eigenvalue weighted by Crippen LogP contribution is 2.28. The summed E-state index contributed by atoms with van der Waals surface area (Å²) in [5.74, 6) is -0.908. The van der Waals surface area contributed by atoms with E-state index in [-0.39, 0.29) is 34.7 Å². The zero-order valence-corrected chi connectivity index (χ0v) is 15.5. The number of nitrogens with zero attached hydrogens (tertiary/aromatic N) is 1. The van der Waals surface area contributed by atoms with Crippen molar-refractivity contribution in [2.45, 2.75) is 31.2 Å². The minimum absolute atomic E-state index is 0. The zero-order valence-electron chi connectivity index (χ0n) is 13.2. The number of benzene rings is 1. The molecule has 1 aliphatic heterocycles. The molecule has 0 radical (unpaired) electrons. The number of sulfone groups is 1. The van der Waals surface area contributed by atoms with Gasteiger partial charge in [0.2, 0.25) is 5.91 Å². The number of carbonyl (C=O) groups excluding carboxylic acids is 1. The Kier molecular flexibility index (Phi) is 6.49. The predicted molar refractivity (Wildman–Crippen MR) is 93.7 cm³/mol. The highest BCUT2D eigenvalue weighted by molar-refractivity contribution is 7.92. The largest absolute Gasteiger partial charge is 0.341 e. The second-order valence-electron chi connectivity index (χ2n) is 6.41. The second kappa shape index (κ2) is 7.38. The first-order valence-corrected chi connectivity index (χ1v) is 9.16. The van der Waals surface area contributed by atoms with E-state index >= 15 is 0 Å². The molecule has 1 aromatic carbocycles. The minimum Gasteiger partial charge on any atom is -0.341 e. The average Bonchev–Trinajstić information content (AvgIpc) is 2.41. The standard InChI is InChI=1S/C15H21ClN2O3S.ClH/c1-15(2)10-18(8-7-13(15)17)14(19)9-22(20,21)12-5-3-11(16)4-6-12;/h3-6,13H,7-10,17H2,1-2H3;1H. The van der Waals surface area contributed by atoms with E-state index in [2.05, 4.69) is 0 Å². The van der Waals surface area contributed by atoms with Crippen LogP contribution >= 0.6 is 24.0 Å². The van der Waals surface area contributed by atoms with Crippen LogP contribution in [-0.4, -0.2) is 44.1 Å². The van der Waals surface area contributed by atoms with Crippen LogP contribution in [0.25, 0.3) is 0 Å². The molecule has 0 spiro atoms. The van der Waals surface area contributed by atoms with Gasteiger partial charge in [-0.1, -0.05) is 25.4 Å². The predicted octanol–water partition coefficient (Wildman–Crippen LogP) is 2.12. The van der Waals surface area contributed by atoms with Crippen LogP contribution in [0.3, 0.4) is 0 Å². The molecule has 1 heterocycles. The minimum atomic E-state index is -3.66. The lowest BCUT2D eigenvalue weighted by atomic mass is 9.80. The van der Waals surface area contributed by atoms with Gasteiger partial charge in [-0.3, -0.25) is 4.79 Å². The molecule has 0 aliphatic carbocycles. The molecule has 1 aliphatic rings. The van der Waals surface area contributed by atoms with E-state index < -0.39 is 15.6 Å². The van der Waals surface area contributed by atoms with Crippen LogP contribution < -0.4 is 5.73 Å². The molecule has 130 valence electrons. The van der Waals surface area contributed by atoms with Crippen LogP contribution in [0.2, 0.25) is 5.02 Å². The molecule has 2 rings (SSSR count). The van der Waals surface area contributed by atoms with Crippen molar-refractivity contribution in [3.05, 3.63) is 29.3 Å². The first-order chi connectivity index (χ1) is 10.1. The fourth-order valence-corrected chi connectivity index (χ4v) is 3.92. The van der Waals surface area contributed by atoms with Gasteiger partial charge in [0, 0.05) is 24.2 Å². The topological polar surface area (TPSA) is 80.5 Å². The Morgan fingerprint density at radius 3 is 2.43 bits per heavy atom. The van der Waals surface area contributed by atoms with E-state index in [1.165, 1.54) is 24.3 Å². The summed E-state index contributed by atoms with van der Waals surface area (Å²) >= 11 is 5.75. The van der Waals surface area contributed by atoms with Crippen LogP contribution in [0.15, 0.2) is 29.2 Å². The maximum atomic E-state index is 12.3. The number of halogens is 2. The van der Waals surface area contributed by atoms with Crippen molar-refractivity contribution in [1.29, 1.82) is 0 Å². The van der Waals surface area contributed by atoms with Gasteiger partial charge in [0.05, 0.1) is 4.90 Å². The molecule has 0 saturated carbocycles. The Bertz CT molecular complexity index is 660. The Labute approximate surface area is 148 Å². The zero-order chi connectivity index (χ0) is 16.5. The number of hydrogen-bond acceptors (Lipinski definition) is 4. The fourth-order valence-electron chi connectivity index (χ4n) is 2.57. The van der Waals surface area contributed by atoms with E-state index in [0.717, 1.165) is 0 Å². The normalized spacial score (nSPS) is 20.7. The van der Waals surface area contributed by atoms with E-state index in [1.807, 2.05) is 13.8 Å². The summed E-state index contributed by atoms with van der Waals surface area (Å²) < 4.78 is 24.6.